The van der Waals surface area contributed by atoms with Gasteiger partial charge in [0.2, 0.25) is 0 Å². The molecule has 0 atom stereocenters. The van der Waals surface area contributed by atoms with Gasteiger partial charge < -0.3 is 15.0 Å². The first-order valence-corrected chi connectivity index (χ1v) is 5.85. The molecule has 0 aliphatic rings. The number of anilines is 1. The fraction of sp³-hybridized carbons (Fsp3) is 0.636. The van der Waals surface area contributed by atoms with Crippen LogP contribution in [0.3, 0.4) is 0 Å². The third kappa shape index (κ3) is 4.72. The Morgan fingerprint density at radius 2 is 2.31 bits per heavy atom. The van der Waals surface area contributed by atoms with Crippen molar-refractivity contribution in [1.29, 1.82) is 0 Å². The summed E-state index contributed by atoms with van der Waals surface area (Å²) in [6.45, 7) is 5.78. The molecule has 0 amide bonds. The molecule has 1 aromatic heterocycles. The molecule has 0 bridgehead atoms. The number of hydrogen-bond acceptors (Lipinski definition) is 4. The van der Waals surface area contributed by atoms with Gasteiger partial charge in [0.15, 0.2) is 0 Å². The first kappa shape index (κ1) is 13.1. The van der Waals surface area contributed by atoms with E-state index in [0.717, 1.165) is 24.6 Å². The van der Waals surface area contributed by atoms with Crippen molar-refractivity contribution >= 4 is 18.0 Å². The number of rotatable bonds is 6. The average Bonchev–Trinajstić information content (AvgIpc) is 2.16. The minimum absolute atomic E-state index is 0.448. The van der Waals surface area contributed by atoms with Crippen molar-refractivity contribution in [2.75, 3.05) is 19.0 Å². The van der Waals surface area contributed by atoms with Crippen LogP contribution in [0.4, 0.5) is 5.82 Å². The van der Waals surface area contributed by atoms with Gasteiger partial charge in [-0.3, -0.25) is 0 Å². The van der Waals surface area contributed by atoms with E-state index in [-0.39, 0.29) is 0 Å². The molecule has 0 radical (unpaired) electrons. The summed E-state index contributed by atoms with van der Waals surface area (Å²) in [5.74, 6) is 2.35. The fourth-order valence-electron chi connectivity index (χ4n) is 1.30. The molecule has 1 aromatic rings. The summed E-state index contributed by atoms with van der Waals surface area (Å²) < 4.78 is 5.59. The monoisotopic (exact) mass is 241 g/mol. The van der Waals surface area contributed by atoms with E-state index in [1.807, 2.05) is 6.07 Å². The van der Waals surface area contributed by atoms with Gasteiger partial charge in [-0.25, -0.2) is 4.98 Å². The van der Waals surface area contributed by atoms with Crippen LogP contribution in [0.15, 0.2) is 6.07 Å². The lowest BCUT2D eigenvalue weighted by molar-refractivity contribution is 0.178. The molecule has 90 valence electrons. The fourth-order valence-corrected chi connectivity index (χ4v) is 1.53. The quantitative estimate of drug-likeness (QED) is 0.752. The number of H-pyrrole nitrogens is 1. The van der Waals surface area contributed by atoms with Gasteiger partial charge in [0.1, 0.15) is 22.9 Å². The molecule has 5 heteroatoms. The first-order chi connectivity index (χ1) is 7.61. The molecule has 0 fully saturated rings. The van der Waals surface area contributed by atoms with Crippen LogP contribution in [-0.2, 0) is 11.3 Å². The Balaban J connectivity index is 2.61. The Morgan fingerprint density at radius 1 is 1.56 bits per heavy atom. The topological polar surface area (TPSA) is 49.9 Å². The average molecular weight is 241 g/mol. The van der Waals surface area contributed by atoms with Gasteiger partial charge in [-0.15, -0.1) is 0 Å². The molecule has 0 unspecified atom stereocenters. The lowest BCUT2D eigenvalue weighted by Crippen LogP contribution is -2.08. The first-order valence-electron chi connectivity index (χ1n) is 5.45. The van der Waals surface area contributed by atoms with E-state index in [1.165, 1.54) is 0 Å². The van der Waals surface area contributed by atoms with Crippen LogP contribution in [0.25, 0.3) is 0 Å². The predicted molar refractivity (Wildman–Crippen MR) is 68.1 cm³/mol. The number of nitrogens with one attached hydrogen (secondary N) is 2. The van der Waals surface area contributed by atoms with Crippen molar-refractivity contribution in [1.82, 2.24) is 9.97 Å². The van der Waals surface area contributed by atoms with Gasteiger partial charge >= 0.3 is 0 Å². The number of nitrogens with zero attached hydrogens (tertiary/aromatic N) is 1. The van der Waals surface area contributed by atoms with Crippen LogP contribution in [0.1, 0.15) is 26.1 Å². The summed E-state index contributed by atoms with van der Waals surface area (Å²) in [6, 6.07) is 1.83. The summed E-state index contributed by atoms with van der Waals surface area (Å²) in [5, 5.41) is 3.30. The van der Waals surface area contributed by atoms with Gasteiger partial charge in [0.25, 0.3) is 0 Å². The third-order valence-electron chi connectivity index (χ3n) is 2.11. The van der Waals surface area contributed by atoms with Crippen LogP contribution >= 0.6 is 12.2 Å². The summed E-state index contributed by atoms with van der Waals surface area (Å²) in [4.78, 5) is 7.31. The molecule has 4 nitrogen and oxygen atoms in total. The number of aromatic nitrogens is 2. The summed E-state index contributed by atoms with van der Waals surface area (Å²) in [6.07, 6.45) is 1.13. The lowest BCUT2D eigenvalue weighted by atomic mass is 10.1. The highest BCUT2D eigenvalue weighted by Crippen LogP contribution is 2.06. The summed E-state index contributed by atoms with van der Waals surface area (Å²) in [5.41, 5.74) is 0. The van der Waals surface area contributed by atoms with Gasteiger partial charge in [-0.2, -0.15) is 0 Å². The maximum absolute atomic E-state index is 5.08. The Bertz CT molecular complexity index is 376. The van der Waals surface area contributed by atoms with Crippen LogP contribution in [0, 0.1) is 10.6 Å². The number of ether oxygens (including phenoxy) is 1. The molecule has 16 heavy (non-hydrogen) atoms. The molecule has 0 aromatic carbocycles. The number of hydrogen-bond donors (Lipinski definition) is 2. The van der Waals surface area contributed by atoms with E-state index >= 15 is 0 Å². The Kier molecular flexibility index (Phi) is 5.42. The molecule has 2 N–H and O–H groups in total. The third-order valence-corrected chi connectivity index (χ3v) is 2.32. The highest BCUT2D eigenvalue weighted by Gasteiger charge is 1.99. The molecule has 1 rings (SSSR count). The Labute approximate surface area is 101 Å². The smallest absolute Gasteiger partial charge is 0.135 e. The standard InChI is InChI=1S/C11H19N3OS/c1-8(2)4-5-12-9-6-11(16)14-10(13-9)7-15-3/h6,8H,4-5,7H2,1-3H3,(H2,12,13,14,16). The second-order valence-corrected chi connectivity index (χ2v) is 4.54. The molecule has 0 aliphatic carbocycles. The lowest BCUT2D eigenvalue weighted by Gasteiger charge is -2.09. The molecular formula is C11H19N3OS. The molecule has 0 saturated heterocycles. The van der Waals surface area contributed by atoms with Crippen molar-refractivity contribution in [2.45, 2.75) is 26.9 Å². The van der Waals surface area contributed by atoms with Crippen LogP contribution in [0.2, 0.25) is 0 Å². The van der Waals surface area contributed by atoms with Crippen LogP contribution in [0.5, 0.6) is 0 Å². The van der Waals surface area contributed by atoms with E-state index in [4.69, 9.17) is 17.0 Å². The molecule has 0 aliphatic heterocycles. The van der Waals surface area contributed by atoms with Gasteiger partial charge in [-0.1, -0.05) is 26.1 Å². The van der Waals surface area contributed by atoms with Crippen molar-refractivity contribution in [2.24, 2.45) is 5.92 Å². The largest absolute Gasteiger partial charge is 0.377 e. The van der Waals surface area contributed by atoms with Gasteiger partial charge in [0.05, 0.1) is 0 Å². The Morgan fingerprint density at radius 3 is 2.94 bits per heavy atom. The number of methoxy groups -OCH3 is 1. The van der Waals surface area contributed by atoms with E-state index in [2.05, 4.69) is 29.1 Å². The van der Waals surface area contributed by atoms with E-state index in [1.54, 1.807) is 7.11 Å². The van der Waals surface area contributed by atoms with Gasteiger partial charge in [-0.05, 0) is 12.3 Å². The van der Waals surface area contributed by atoms with Crippen LogP contribution in [-0.4, -0.2) is 23.6 Å². The van der Waals surface area contributed by atoms with E-state index in [9.17, 15) is 0 Å². The second kappa shape index (κ2) is 6.60. The van der Waals surface area contributed by atoms with Crippen molar-refractivity contribution in [3.63, 3.8) is 0 Å². The summed E-state index contributed by atoms with van der Waals surface area (Å²) >= 11 is 5.08. The highest BCUT2D eigenvalue weighted by atomic mass is 32.1. The molecule has 0 spiro atoms. The molecular weight excluding hydrogens is 222 g/mol. The maximum Gasteiger partial charge on any atom is 0.135 e. The second-order valence-electron chi connectivity index (χ2n) is 4.12. The van der Waals surface area contributed by atoms with Crippen LogP contribution < -0.4 is 5.32 Å². The van der Waals surface area contributed by atoms with Crippen molar-refractivity contribution in [3.8, 4) is 0 Å². The van der Waals surface area contributed by atoms with Crippen molar-refractivity contribution in [3.05, 3.63) is 16.5 Å². The predicted octanol–water partition coefficient (Wildman–Crippen LogP) is 2.74. The normalized spacial score (nSPS) is 10.8. The SMILES string of the molecule is COCc1nc(=S)cc(NCCC(C)C)[nH]1. The Hall–Kier alpha value is -0.940. The minimum atomic E-state index is 0.448. The molecule has 0 saturated carbocycles. The van der Waals surface area contributed by atoms with Gasteiger partial charge in [0, 0.05) is 19.7 Å². The minimum Gasteiger partial charge on any atom is -0.377 e. The maximum atomic E-state index is 5.08. The van der Waals surface area contributed by atoms with Crippen molar-refractivity contribution < 1.29 is 4.74 Å². The zero-order chi connectivity index (χ0) is 12.0. The number of aromatic amines is 1. The van der Waals surface area contributed by atoms with E-state index < -0.39 is 0 Å². The summed E-state index contributed by atoms with van der Waals surface area (Å²) in [7, 11) is 1.64. The zero-order valence-electron chi connectivity index (χ0n) is 10.0. The molecule has 1 heterocycles. The zero-order valence-corrected chi connectivity index (χ0v) is 10.9. The van der Waals surface area contributed by atoms with E-state index in [0.29, 0.717) is 17.2 Å². The highest BCUT2D eigenvalue weighted by molar-refractivity contribution is 7.71.